The van der Waals surface area contributed by atoms with E-state index in [0.29, 0.717) is 17.9 Å². The molecule has 1 heterocycles. The molecule has 106 valence electrons. The SMILES string of the molecule is CCCNCc1ccc(-c2cncc(OC)c2)c(F)c1. The fourth-order valence-corrected chi connectivity index (χ4v) is 1.99. The first-order valence-electron chi connectivity index (χ1n) is 6.73. The number of benzene rings is 1. The van der Waals surface area contributed by atoms with E-state index in [9.17, 15) is 4.39 Å². The van der Waals surface area contributed by atoms with Crippen molar-refractivity contribution in [3.05, 3.63) is 48.0 Å². The molecule has 0 fully saturated rings. The molecular formula is C16H19FN2O. The maximum absolute atomic E-state index is 14.2. The maximum atomic E-state index is 14.2. The number of nitrogens with zero attached hydrogens (tertiary/aromatic N) is 1. The molecule has 0 aliphatic heterocycles. The van der Waals surface area contributed by atoms with E-state index in [1.807, 2.05) is 6.07 Å². The summed E-state index contributed by atoms with van der Waals surface area (Å²) in [5, 5.41) is 3.26. The Labute approximate surface area is 118 Å². The molecule has 1 N–H and O–H groups in total. The molecular weight excluding hydrogens is 255 g/mol. The van der Waals surface area contributed by atoms with Crippen LogP contribution in [0.2, 0.25) is 0 Å². The third-order valence-electron chi connectivity index (χ3n) is 3.05. The lowest BCUT2D eigenvalue weighted by Crippen LogP contribution is -2.13. The number of rotatable bonds is 6. The topological polar surface area (TPSA) is 34.2 Å². The molecule has 0 aliphatic rings. The first kappa shape index (κ1) is 14.5. The van der Waals surface area contributed by atoms with E-state index in [1.54, 1.807) is 37.7 Å². The molecule has 2 rings (SSSR count). The zero-order valence-corrected chi connectivity index (χ0v) is 11.8. The Balaban J connectivity index is 2.20. The number of hydrogen-bond donors (Lipinski definition) is 1. The lowest BCUT2D eigenvalue weighted by molar-refractivity contribution is 0.413. The Morgan fingerprint density at radius 2 is 2.10 bits per heavy atom. The van der Waals surface area contributed by atoms with Crippen LogP contribution in [-0.2, 0) is 6.54 Å². The van der Waals surface area contributed by atoms with Crippen LogP contribution in [0.4, 0.5) is 4.39 Å². The smallest absolute Gasteiger partial charge is 0.137 e. The minimum Gasteiger partial charge on any atom is -0.495 e. The fourth-order valence-electron chi connectivity index (χ4n) is 1.99. The van der Waals surface area contributed by atoms with Crippen molar-refractivity contribution in [1.29, 1.82) is 0 Å². The average Bonchev–Trinajstić information content (AvgIpc) is 2.48. The Bertz CT molecular complexity index is 572. The second-order valence-corrected chi connectivity index (χ2v) is 4.60. The van der Waals surface area contributed by atoms with Crippen LogP contribution in [0.25, 0.3) is 11.1 Å². The van der Waals surface area contributed by atoms with Gasteiger partial charge in [0.1, 0.15) is 11.6 Å². The van der Waals surface area contributed by atoms with E-state index < -0.39 is 0 Å². The second kappa shape index (κ2) is 7.01. The fraction of sp³-hybridized carbons (Fsp3) is 0.312. The molecule has 0 amide bonds. The van der Waals surface area contributed by atoms with Crippen LogP contribution in [-0.4, -0.2) is 18.6 Å². The zero-order valence-electron chi connectivity index (χ0n) is 11.8. The average molecular weight is 274 g/mol. The van der Waals surface area contributed by atoms with Gasteiger partial charge < -0.3 is 10.1 Å². The molecule has 3 nitrogen and oxygen atoms in total. The number of methoxy groups -OCH3 is 1. The van der Waals surface area contributed by atoms with Crippen LogP contribution in [0.3, 0.4) is 0 Å². The van der Waals surface area contributed by atoms with Crippen molar-refractivity contribution in [2.45, 2.75) is 19.9 Å². The van der Waals surface area contributed by atoms with Crippen molar-refractivity contribution in [2.75, 3.05) is 13.7 Å². The largest absolute Gasteiger partial charge is 0.495 e. The van der Waals surface area contributed by atoms with E-state index in [0.717, 1.165) is 24.1 Å². The molecule has 1 aromatic heterocycles. The highest BCUT2D eigenvalue weighted by Gasteiger charge is 2.07. The first-order valence-corrected chi connectivity index (χ1v) is 6.73. The van der Waals surface area contributed by atoms with Crippen molar-refractivity contribution < 1.29 is 9.13 Å². The number of nitrogens with one attached hydrogen (secondary N) is 1. The van der Waals surface area contributed by atoms with Gasteiger partial charge in [-0.25, -0.2) is 4.39 Å². The minimum atomic E-state index is -0.240. The van der Waals surface area contributed by atoms with E-state index in [-0.39, 0.29) is 5.82 Å². The molecule has 20 heavy (non-hydrogen) atoms. The predicted molar refractivity (Wildman–Crippen MR) is 78.2 cm³/mol. The van der Waals surface area contributed by atoms with Crippen molar-refractivity contribution in [2.24, 2.45) is 0 Å². The molecule has 4 heteroatoms. The van der Waals surface area contributed by atoms with Gasteiger partial charge >= 0.3 is 0 Å². The first-order chi connectivity index (χ1) is 9.74. The van der Waals surface area contributed by atoms with Gasteiger partial charge in [0.2, 0.25) is 0 Å². The highest BCUT2D eigenvalue weighted by molar-refractivity contribution is 5.64. The van der Waals surface area contributed by atoms with Gasteiger partial charge in [-0.1, -0.05) is 19.1 Å². The van der Waals surface area contributed by atoms with Gasteiger partial charge in [-0.2, -0.15) is 0 Å². The van der Waals surface area contributed by atoms with Gasteiger partial charge in [0, 0.05) is 23.9 Å². The van der Waals surface area contributed by atoms with Crippen molar-refractivity contribution in [3.8, 4) is 16.9 Å². The number of aromatic nitrogens is 1. The molecule has 0 bridgehead atoms. The molecule has 0 saturated heterocycles. The summed E-state index contributed by atoms with van der Waals surface area (Å²) in [5.74, 6) is 0.381. The normalized spacial score (nSPS) is 10.6. The monoisotopic (exact) mass is 274 g/mol. The van der Waals surface area contributed by atoms with E-state index in [1.165, 1.54) is 0 Å². The lowest BCUT2D eigenvalue weighted by Gasteiger charge is -2.08. The highest BCUT2D eigenvalue weighted by atomic mass is 19.1. The summed E-state index contributed by atoms with van der Waals surface area (Å²) in [5.41, 5.74) is 2.20. The van der Waals surface area contributed by atoms with Gasteiger partial charge in [-0.15, -0.1) is 0 Å². The van der Waals surface area contributed by atoms with E-state index in [2.05, 4.69) is 17.2 Å². The number of ether oxygens (including phenoxy) is 1. The Morgan fingerprint density at radius 1 is 1.25 bits per heavy atom. The Morgan fingerprint density at radius 3 is 2.80 bits per heavy atom. The van der Waals surface area contributed by atoms with Crippen LogP contribution in [0.15, 0.2) is 36.7 Å². The van der Waals surface area contributed by atoms with E-state index >= 15 is 0 Å². The minimum absolute atomic E-state index is 0.240. The summed E-state index contributed by atoms with van der Waals surface area (Å²) in [6.45, 7) is 3.72. The molecule has 0 atom stereocenters. The van der Waals surface area contributed by atoms with Gasteiger partial charge in [-0.05, 0) is 30.7 Å². The molecule has 0 aliphatic carbocycles. The van der Waals surface area contributed by atoms with Gasteiger partial charge in [0.15, 0.2) is 0 Å². The Kier molecular flexibility index (Phi) is 5.07. The van der Waals surface area contributed by atoms with Crippen molar-refractivity contribution in [1.82, 2.24) is 10.3 Å². The molecule has 0 radical (unpaired) electrons. The van der Waals surface area contributed by atoms with Crippen LogP contribution in [0, 0.1) is 5.82 Å². The molecule has 0 spiro atoms. The summed E-state index contributed by atoms with van der Waals surface area (Å²) in [6.07, 6.45) is 4.30. The summed E-state index contributed by atoms with van der Waals surface area (Å²) < 4.78 is 19.3. The molecule has 0 saturated carbocycles. The van der Waals surface area contributed by atoms with Crippen molar-refractivity contribution >= 4 is 0 Å². The number of halogens is 1. The van der Waals surface area contributed by atoms with Crippen LogP contribution >= 0.6 is 0 Å². The molecule has 0 unspecified atom stereocenters. The number of hydrogen-bond acceptors (Lipinski definition) is 3. The van der Waals surface area contributed by atoms with Gasteiger partial charge in [0.25, 0.3) is 0 Å². The van der Waals surface area contributed by atoms with Crippen LogP contribution in [0.1, 0.15) is 18.9 Å². The quantitative estimate of drug-likeness (QED) is 0.820. The van der Waals surface area contributed by atoms with E-state index in [4.69, 9.17) is 4.74 Å². The standard InChI is InChI=1S/C16H19FN2O/c1-3-6-18-9-12-4-5-15(16(17)7-12)13-8-14(20-2)11-19-10-13/h4-5,7-8,10-11,18H,3,6,9H2,1-2H3. The third kappa shape index (κ3) is 3.54. The Hall–Kier alpha value is -1.94. The second-order valence-electron chi connectivity index (χ2n) is 4.60. The predicted octanol–water partition coefficient (Wildman–Crippen LogP) is 3.40. The molecule has 2 aromatic rings. The van der Waals surface area contributed by atoms with Gasteiger partial charge in [0.05, 0.1) is 13.3 Å². The summed E-state index contributed by atoms with van der Waals surface area (Å²) >= 11 is 0. The third-order valence-corrected chi connectivity index (χ3v) is 3.05. The summed E-state index contributed by atoms with van der Waals surface area (Å²) in [6, 6.07) is 7.06. The molecule has 1 aromatic carbocycles. The van der Waals surface area contributed by atoms with Crippen molar-refractivity contribution in [3.63, 3.8) is 0 Å². The van der Waals surface area contributed by atoms with Gasteiger partial charge in [-0.3, -0.25) is 4.98 Å². The highest BCUT2D eigenvalue weighted by Crippen LogP contribution is 2.25. The van der Waals surface area contributed by atoms with Crippen LogP contribution in [0.5, 0.6) is 5.75 Å². The lowest BCUT2D eigenvalue weighted by atomic mass is 10.0. The maximum Gasteiger partial charge on any atom is 0.137 e. The summed E-state index contributed by atoms with van der Waals surface area (Å²) in [4.78, 5) is 4.05. The summed E-state index contributed by atoms with van der Waals surface area (Å²) in [7, 11) is 1.57. The zero-order chi connectivity index (χ0) is 14.4. The van der Waals surface area contributed by atoms with Crippen LogP contribution < -0.4 is 10.1 Å². The number of pyridine rings is 1.